The molecule has 1 amide bonds. The third-order valence-corrected chi connectivity index (χ3v) is 1.36. The summed E-state index contributed by atoms with van der Waals surface area (Å²) in [5.74, 6) is -0.107. The predicted molar refractivity (Wildman–Crippen MR) is 53.0 cm³/mol. The fourth-order valence-corrected chi connectivity index (χ4v) is 0.771. The largest absolute Gasteiger partial charge is 0.393 e. The normalized spacial score (nSPS) is 9.92. The molecule has 0 aromatic rings. The minimum absolute atomic E-state index is 0.107. The van der Waals surface area contributed by atoms with E-state index in [1.807, 2.05) is 19.0 Å². The van der Waals surface area contributed by atoms with E-state index in [1.165, 1.54) is 0 Å². The molecule has 0 rings (SSSR count). The number of likely N-dealkylation sites (N-methyl/N-ethyl adjacent to an activating group) is 1. The van der Waals surface area contributed by atoms with E-state index in [0.29, 0.717) is 6.54 Å². The maximum atomic E-state index is 10.9. The summed E-state index contributed by atoms with van der Waals surface area (Å²) < 4.78 is 0. The van der Waals surface area contributed by atoms with Gasteiger partial charge in [0, 0.05) is 13.1 Å². The van der Waals surface area contributed by atoms with Crippen molar-refractivity contribution >= 4 is 23.1 Å². The lowest BCUT2D eigenvalue weighted by Crippen LogP contribution is -2.33. The highest BCUT2D eigenvalue weighted by atomic mass is 32.1. The van der Waals surface area contributed by atoms with Crippen LogP contribution in [0.25, 0.3) is 0 Å². The molecular formula is C7H15N3OS. The van der Waals surface area contributed by atoms with E-state index in [1.54, 1.807) is 0 Å². The van der Waals surface area contributed by atoms with Crippen molar-refractivity contribution in [3.63, 3.8) is 0 Å². The lowest BCUT2D eigenvalue weighted by molar-refractivity contribution is -0.119. The Morgan fingerprint density at radius 3 is 2.58 bits per heavy atom. The Bertz CT molecular complexity index is 170. The molecule has 0 aromatic carbocycles. The second kappa shape index (κ2) is 5.91. The number of nitrogens with two attached hydrogens (primary N) is 1. The van der Waals surface area contributed by atoms with Gasteiger partial charge in [-0.1, -0.05) is 12.2 Å². The van der Waals surface area contributed by atoms with Crippen molar-refractivity contribution < 1.29 is 4.79 Å². The van der Waals surface area contributed by atoms with Gasteiger partial charge in [-0.3, -0.25) is 4.79 Å². The first-order valence-corrected chi connectivity index (χ1v) is 4.13. The van der Waals surface area contributed by atoms with E-state index >= 15 is 0 Å². The molecule has 0 aliphatic carbocycles. The molecule has 0 fully saturated rings. The van der Waals surface area contributed by atoms with Crippen LogP contribution in [0.3, 0.4) is 0 Å². The average molecular weight is 189 g/mol. The smallest absolute Gasteiger partial charge is 0.226 e. The number of carbonyl (C=O) groups excluding carboxylic acids is 1. The molecule has 0 spiro atoms. The number of nitrogens with one attached hydrogen (secondary N) is 1. The van der Waals surface area contributed by atoms with Crippen LogP contribution in [-0.2, 0) is 4.79 Å². The summed E-state index contributed by atoms with van der Waals surface area (Å²) in [5, 5.41) is 2.70. The van der Waals surface area contributed by atoms with Crippen LogP contribution in [0, 0.1) is 0 Å². The highest BCUT2D eigenvalue weighted by Crippen LogP contribution is 1.79. The van der Waals surface area contributed by atoms with E-state index in [4.69, 9.17) is 5.73 Å². The second-order valence-corrected chi connectivity index (χ2v) is 3.32. The van der Waals surface area contributed by atoms with Crippen LogP contribution < -0.4 is 11.1 Å². The quantitative estimate of drug-likeness (QED) is 0.564. The minimum Gasteiger partial charge on any atom is -0.393 e. The molecule has 0 aromatic heterocycles. The first-order chi connectivity index (χ1) is 5.52. The van der Waals surface area contributed by atoms with Gasteiger partial charge in [0.2, 0.25) is 5.91 Å². The van der Waals surface area contributed by atoms with E-state index in [9.17, 15) is 4.79 Å². The Morgan fingerprint density at radius 1 is 1.58 bits per heavy atom. The molecule has 0 radical (unpaired) electrons. The molecule has 0 aliphatic rings. The molecule has 0 atom stereocenters. The van der Waals surface area contributed by atoms with Crippen LogP contribution in [-0.4, -0.2) is 43.0 Å². The topological polar surface area (TPSA) is 58.4 Å². The Hall–Kier alpha value is -0.680. The van der Waals surface area contributed by atoms with Gasteiger partial charge in [-0.2, -0.15) is 0 Å². The van der Waals surface area contributed by atoms with Crippen LogP contribution in [0.15, 0.2) is 0 Å². The molecule has 0 aliphatic heterocycles. The van der Waals surface area contributed by atoms with Crippen LogP contribution in [0.4, 0.5) is 0 Å². The zero-order valence-corrected chi connectivity index (χ0v) is 8.28. The highest BCUT2D eigenvalue weighted by molar-refractivity contribution is 7.80. The molecule has 3 N–H and O–H groups in total. The first-order valence-electron chi connectivity index (χ1n) is 3.72. The van der Waals surface area contributed by atoms with E-state index in [0.717, 1.165) is 6.54 Å². The van der Waals surface area contributed by atoms with Gasteiger partial charge in [0.15, 0.2) is 0 Å². The summed E-state index contributed by atoms with van der Waals surface area (Å²) in [4.78, 5) is 13.2. The van der Waals surface area contributed by atoms with Gasteiger partial charge in [-0.05, 0) is 14.1 Å². The van der Waals surface area contributed by atoms with Crippen LogP contribution >= 0.6 is 12.2 Å². The molecule has 0 heterocycles. The third-order valence-electron chi connectivity index (χ3n) is 1.22. The van der Waals surface area contributed by atoms with Gasteiger partial charge in [-0.15, -0.1) is 0 Å². The van der Waals surface area contributed by atoms with E-state index < -0.39 is 0 Å². The number of carbonyl (C=O) groups is 1. The summed E-state index contributed by atoms with van der Waals surface area (Å²) in [5.41, 5.74) is 5.19. The number of amides is 1. The Morgan fingerprint density at radius 2 is 2.17 bits per heavy atom. The van der Waals surface area contributed by atoms with Crippen molar-refractivity contribution in [3.8, 4) is 0 Å². The van der Waals surface area contributed by atoms with Crippen LogP contribution in [0.2, 0.25) is 0 Å². The highest BCUT2D eigenvalue weighted by Gasteiger charge is 2.01. The van der Waals surface area contributed by atoms with E-state index in [-0.39, 0.29) is 17.3 Å². The van der Waals surface area contributed by atoms with Gasteiger partial charge in [-0.25, -0.2) is 0 Å². The summed E-state index contributed by atoms with van der Waals surface area (Å²) in [6.45, 7) is 1.46. The van der Waals surface area contributed by atoms with Crippen LogP contribution in [0.1, 0.15) is 6.42 Å². The molecule has 0 bridgehead atoms. The Balaban J connectivity index is 3.38. The zero-order valence-electron chi connectivity index (χ0n) is 7.46. The summed E-state index contributed by atoms with van der Waals surface area (Å²) in [7, 11) is 3.89. The zero-order chi connectivity index (χ0) is 9.56. The summed E-state index contributed by atoms with van der Waals surface area (Å²) in [6, 6.07) is 0. The number of hydrogen-bond donors (Lipinski definition) is 2. The van der Waals surface area contributed by atoms with Gasteiger partial charge >= 0.3 is 0 Å². The van der Waals surface area contributed by atoms with Crippen molar-refractivity contribution in [3.05, 3.63) is 0 Å². The molecule has 0 saturated heterocycles. The van der Waals surface area contributed by atoms with Crippen molar-refractivity contribution in [1.82, 2.24) is 10.2 Å². The van der Waals surface area contributed by atoms with Crippen molar-refractivity contribution in [2.75, 3.05) is 27.2 Å². The molecule has 5 heteroatoms. The van der Waals surface area contributed by atoms with Crippen molar-refractivity contribution in [2.24, 2.45) is 5.73 Å². The van der Waals surface area contributed by atoms with Crippen molar-refractivity contribution in [1.29, 1.82) is 0 Å². The van der Waals surface area contributed by atoms with Gasteiger partial charge in [0.05, 0.1) is 11.4 Å². The van der Waals surface area contributed by atoms with Crippen molar-refractivity contribution in [2.45, 2.75) is 6.42 Å². The molecular weight excluding hydrogens is 174 g/mol. The maximum Gasteiger partial charge on any atom is 0.226 e. The molecule has 0 saturated carbocycles. The fraction of sp³-hybridized carbons (Fsp3) is 0.714. The Labute approximate surface area is 78.1 Å². The average Bonchev–Trinajstić information content (AvgIpc) is 1.84. The first kappa shape index (κ1) is 11.3. The van der Waals surface area contributed by atoms with Gasteiger partial charge in [0.25, 0.3) is 0 Å². The summed E-state index contributed by atoms with van der Waals surface area (Å²) >= 11 is 4.58. The Kier molecular flexibility index (Phi) is 5.57. The number of hydrogen-bond acceptors (Lipinski definition) is 3. The summed E-state index contributed by atoms with van der Waals surface area (Å²) in [6.07, 6.45) is 0.142. The minimum atomic E-state index is -0.107. The molecule has 12 heavy (non-hydrogen) atoms. The maximum absolute atomic E-state index is 10.9. The number of thiocarbonyl (C=S) groups is 1. The predicted octanol–water partition coefficient (Wildman–Crippen LogP) is -0.660. The monoisotopic (exact) mass is 189 g/mol. The van der Waals surface area contributed by atoms with Gasteiger partial charge < -0.3 is 16.0 Å². The fourth-order valence-electron chi connectivity index (χ4n) is 0.640. The third kappa shape index (κ3) is 7.43. The lowest BCUT2D eigenvalue weighted by atomic mass is 10.4. The molecule has 4 nitrogen and oxygen atoms in total. The second-order valence-electron chi connectivity index (χ2n) is 2.80. The van der Waals surface area contributed by atoms with Gasteiger partial charge in [0.1, 0.15) is 0 Å². The molecule has 0 unspecified atom stereocenters. The SMILES string of the molecule is CN(C)CCNC(=O)CC(N)=S. The number of rotatable bonds is 5. The lowest BCUT2D eigenvalue weighted by Gasteiger charge is -2.09. The molecule has 70 valence electrons. The standard InChI is InChI=1S/C7H15N3OS/c1-10(2)4-3-9-7(11)5-6(8)12/h3-5H2,1-2H3,(H2,8,12)(H,9,11). The number of nitrogens with zero attached hydrogens (tertiary/aromatic N) is 1. The van der Waals surface area contributed by atoms with Crippen LogP contribution in [0.5, 0.6) is 0 Å². The van der Waals surface area contributed by atoms with E-state index in [2.05, 4.69) is 17.5 Å².